The lowest BCUT2D eigenvalue weighted by molar-refractivity contribution is -0.0174. The van der Waals surface area contributed by atoms with E-state index in [0.29, 0.717) is 0 Å². The van der Waals surface area contributed by atoms with Crippen molar-refractivity contribution in [3.8, 4) is 0 Å². The molecule has 0 rings (SSSR count). The Bertz CT molecular complexity index is 72.7. The van der Waals surface area contributed by atoms with E-state index in [-0.39, 0.29) is 12.5 Å². The van der Waals surface area contributed by atoms with Gasteiger partial charge in [0.25, 0.3) is 0 Å². The van der Waals surface area contributed by atoms with Crippen molar-refractivity contribution in [1.82, 2.24) is 0 Å². The van der Waals surface area contributed by atoms with Gasteiger partial charge in [0.2, 0.25) is 0 Å². The van der Waals surface area contributed by atoms with Crippen LogP contribution in [0, 0.1) is 5.92 Å². The van der Waals surface area contributed by atoms with Gasteiger partial charge in [0.05, 0.1) is 12.2 Å². The molecule has 3 N–H and O–H groups in total. The van der Waals surface area contributed by atoms with Crippen LogP contribution in [0.4, 0.5) is 0 Å². The minimum atomic E-state index is -0.810. The van der Waals surface area contributed by atoms with Crippen molar-refractivity contribution in [2.24, 2.45) is 5.92 Å². The maximum atomic E-state index is 8.98. The molecule has 0 fully saturated rings. The lowest BCUT2D eigenvalue weighted by Gasteiger charge is -2.18. The first-order valence-electron chi connectivity index (χ1n) is 3.06. The highest BCUT2D eigenvalue weighted by Gasteiger charge is 2.17. The summed E-state index contributed by atoms with van der Waals surface area (Å²) in [6.07, 6.45) is -1.57. The molecule has 0 heterocycles. The van der Waals surface area contributed by atoms with E-state index in [1.807, 2.05) is 0 Å². The third kappa shape index (κ3) is 2.79. The SMILES string of the molecule is C[C@H](O)[C@H](O)[C@H](C)CO. The molecule has 0 saturated heterocycles. The third-order valence-electron chi connectivity index (χ3n) is 1.37. The van der Waals surface area contributed by atoms with Crippen LogP contribution < -0.4 is 0 Å². The first-order valence-corrected chi connectivity index (χ1v) is 3.06. The maximum Gasteiger partial charge on any atom is 0.0843 e. The van der Waals surface area contributed by atoms with Crippen LogP contribution in [-0.4, -0.2) is 34.1 Å². The van der Waals surface area contributed by atoms with E-state index >= 15 is 0 Å². The van der Waals surface area contributed by atoms with E-state index in [1.165, 1.54) is 6.92 Å². The van der Waals surface area contributed by atoms with Crippen molar-refractivity contribution in [2.75, 3.05) is 6.61 Å². The van der Waals surface area contributed by atoms with E-state index in [0.717, 1.165) is 0 Å². The van der Waals surface area contributed by atoms with Crippen LogP contribution in [0.2, 0.25) is 0 Å². The average molecular weight is 134 g/mol. The molecule has 3 nitrogen and oxygen atoms in total. The molecule has 0 radical (unpaired) electrons. The number of rotatable bonds is 3. The second-order valence-electron chi connectivity index (χ2n) is 2.39. The number of hydrogen-bond donors (Lipinski definition) is 3. The molecule has 0 amide bonds. The van der Waals surface area contributed by atoms with Crippen LogP contribution in [0.3, 0.4) is 0 Å². The summed E-state index contributed by atoms with van der Waals surface area (Å²) in [6, 6.07) is 0. The lowest BCUT2D eigenvalue weighted by atomic mass is 10.0. The fourth-order valence-corrected chi connectivity index (χ4v) is 0.583. The lowest BCUT2D eigenvalue weighted by Crippen LogP contribution is -2.31. The van der Waals surface area contributed by atoms with E-state index in [9.17, 15) is 0 Å². The summed E-state index contributed by atoms with van der Waals surface area (Å²) >= 11 is 0. The quantitative estimate of drug-likeness (QED) is 0.481. The second kappa shape index (κ2) is 3.82. The summed E-state index contributed by atoms with van der Waals surface area (Å²) in [5, 5.41) is 26.2. The summed E-state index contributed by atoms with van der Waals surface area (Å²) in [5.74, 6) is -0.245. The smallest absolute Gasteiger partial charge is 0.0843 e. The van der Waals surface area contributed by atoms with Crippen LogP contribution in [0.5, 0.6) is 0 Å². The molecule has 3 atom stereocenters. The molecule has 0 aliphatic rings. The Morgan fingerprint density at radius 1 is 1.22 bits per heavy atom. The van der Waals surface area contributed by atoms with E-state index in [1.54, 1.807) is 6.92 Å². The zero-order valence-corrected chi connectivity index (χ0v) is 5.78. The summed E-state index contributed by atoms with van der Waals surface area (Å²) < 4.78 is 0. The maximum absolute atomic E-state index is 8.98. The van der Waals surface area contributed by atoms with Gasteiger partial charge in [-0.3, -0.25) is 0 Å². The molecule has 0 aliphatic heterocycles. The average Bonchev–Trinajstić information content (AvgIpc) is 1.84. The number of hydrogen-bond acceptors (Lipinski definition) is 3. The van der Waals surface area contributed by atoms with Gasteiger partial charge in [-0.1, -0.05) is 6.92 Å². The van der Waals surface area contributed by atoms with Gasteiger partial charge in [0.15, 0.2) is 0 Å². The van der Waals surface area contributed by atoms with E-state index in [2.05, 4.69) is 0 Å². The Morgan fingerprint density at radius 2 is 1.67 bits per heavy atom. The van der Waals surface area contributed by atoms with E-state index in [4.69, 9.17) is 15.3 Å². The largest absolute Gasteiger partial charge is 0.396 e. The molecule has 0 aliphatic carbocycles. The molecule has 0 spiro atoms. The van der Waals surface area contributed by atoms with Crippen molar-refractivity contribution in [2.45, 2.75) is 26.1 Å². The molecule has 3 heteroatoms. The first kappa shape index (κ1) is 8.88. The Kier molecular flexibility index (Phi) is 3.77. The van der Waals surface area contributed by atoms with Crippen LogP contribution in [0.15, 0.2) is 0 Å². The van der Waals surface area contributed by atoms with Crippen molar-refractivity contribution < 1.29 is 15.3 Å². The zero-order valence-electron chi connectivity index (χ0n) is 5.78. The Balaban J connectivity index is 3.58. The minimum Gasteiger partial charge on any atom is -0.396 e. The molecule has 0 unspecified atom stereocenters. The van der Waals surface area contributed by atoms with Gasteiger partial charge in [0.1, 0.15) is 0 Å². The van der Waals surface area contributed by atoms with Crippen molar-refractivity contribution in [3.63, 3.8) is 0 Å². The number of aliphatic hydroxyl groups is 3. The highest BCUT2D eigenvalue weighted by Crippen LogP contribution is 2.04. The Morgan fingerprint density at radius 3 is 1.78 bits per heavy atom. The van der Waals surface area contributed by atoms with Gasteiger partial charge in [-0.05, 0) is 6.92 Å². The fraction of sp³-hybridized carbons (Fsp3) is 1.00. The molecule has 9 heavy (non-hydrogen) atoms. The zero-order chi connectivity index (χ0) is 7.44. The molecule has 0 bridgehead atoms. The molecule has 0 aromatic heterocycles. The molecule has 0 aromatic carbocycles. The summed E-state index contributed by atoms with van der Waals surface area (Å²) in [5.41, 5.74) is 0. The molecular formula is C6H14O3. The summed E-state index contributed by atoms with van der Waals surface area (Å²) in [4.78, 5) is 0. The Labute approximate surface area is 54.9 Å². The molecule has 0 saturated carbocycles. The monoisotopic (exact) mass is 134 g/mol. The van der Waals surface area contributed by atoms with Crippen molar-refractivity contribution in [3.05, 3.63) is 0 Å². The van der Waals surface area contributed by atoms with Crippen LogP contribution >= 0.6 is 0 Å². The standard InChI is InChI=1S/C6H14O3/c1-4(3-7)6(9)5(2)8/h4-9H,3H2,1-2H3/t4-,5+,6-/m1/s1. The highest BCUT2D eigenvalue weighted by atomic mass is 16.3. The van der Waals surface area contributed by atoms with Gasteiger partial charge >= 0.3 is 0 Å². The van der Waals surface area contributed by atoms with E-state index < -0.39 is 12.2 Å². The molecule has 56 valence electrons. The fourth-order valence-electron chi connectivity index (χ4n) is 0.583. The normalized spacial score (nSPS) is 21.0. The topological polar surface area (TPSA) is 60.7 Å². The van der Waals surface area contributed by atoms with Gasteiger partial charge in [-0.25, -0.2) is 0 Å². The van der Waals surface area contributed by atoms with Crippen LogP contribution in [0.25, 0.3) is 0 Å². The van der Waals surface area contributed by atoms with Crippen molar-refractivity contribution >= 4 is 0 Å². The predicted molar refractivity (Wildman–Crippen MR) is 33.9 cm³/mol. The first-order chi connectivity index (χ1) is 4.09. The highest BCUT2D eigenvalue weighted by molar-refractivity contribution is 4.67. The van der Waals surface area contributed by atoms with Crippen LogP contribution in [-0.2, 0) is 0 Å². The van der Waals surface area contributed by atoms with Gasteiger partial charge in [-0.15, -0.1) is 0 Å². The van der Waals surface area contributed by atoms with Crippen LogP contribution in [0.1, 0.15) is 13.8 Å². The number of aliphatic hydroxyl groups excluding tert-OH is 3. The van der Waals surface area contributed by atoms with Gasteiger partial charge in [0, 0.05) is 12.5 Å². The Hall–Kier alpha value is -0.120. The summed E-state index contributed by atoms with van der Waals surface area (Å²) in [7, 11) is 0. The third-order valence-corrected chi connectivity index (χ3v) is 1.37. The van der Waals surface area contributed by atoms with Crippen molar-refractivity contribution in [1.29, 1.82) is 0 Å². The molecule has 0 aromatic rings. The van der Waals surface area contributed by atoms with Gasteiger partial charge < -0.3 is 15.3 Å². The second-order valence-corrected chi connectivity index (χ2v) is 2.39. The molecular weight excluding hydrogens is 120 g/mol. The summed E-state index contributed by atoms with van der Waals surface area (Å²) in [6.45, 7) is 3.08. The predicted octanol–water partition coefficient (Wildman–Crippen LogP) is -0.644. The minimum absolute atomic E-state index is 0.0912. The van der Waals surface area contributed by atoms with Gasteiger partial charge in [-0.2, -0.15) is 0 Å².